The Kier molecular flexibility index (Phi) is 4.83. The van der Waals surface area contributed by atoms with Gasteiger partial charge in [-0.2, -0.15) is 0 Å². The molecule has 1 N–H and O–H groups in total. The summed E-state index contributed by atoms with van der Waals surface area (Å²) in [7, 11) is 1.32. The molecule has 1 unspecified atom stereocenters. The zero-order valence-electron chi connectivity index (χ0n) is 11.1. The van der Waals surface area contributed by atoms with Crippen LogP contribution in [0.3, 0.4) is 0 Å². The summed E-state index contributed by atoms with van der Waals surface area (Å²) >= 11 is 0. The molecule has 1 aromatic heterocycles. The van der Waals surface area contributed by atoms with Crippen molar-refractivity contribution in [2.24, 2.45) is 0 Å². The van der Waals surface area contributed by atoms with Crippen molar-refractivity contribution in [3.63, 3.8) is 0 Å². The molecule has 5 heteroatoms. The van der Waals surface area contributed by atoms with Gasteiger partial charge in [0, 0.05) is 11.7 Å². The van der Waals surface area contributed by atoms with Crippen molar-refractivity contribution in [1.82, 2.24) is 10.3 Å². The van der Waals surface area contributed by atoms with E-state index in [1.54, 1.807) is 26.0 Å². The molecule has 1 aromatic rings. The molecule has 0 fully saturated rings. The average molecular weight is 250 g/mol. The zero-order valence-corrected chi connectivity index (χ0v) is 11.1. The van der Waals surface area contributed by atoms with Gasteiger partial charge in [0.25, 0.3) is 5.91 Å². The van der Waals surface area contributed by atoms with Gasteiger partial charge >= 0.3 is 5.97 Å². The summed E-state index contributed by atoms with van der Waals surface area (Å²) in [6.45, 7) is 5.41. The zero-order chi connectivity index (χ0) is 13.7. The SMILES string of the molecule is COC(=O)CC(C)NC(=O)c1ccc(C)nc1C. The Hall–Kier alpha value is -1.91. The average Bonchev–Trinajstić information content (AvgIpc) is 2.28. The van der Waals surface area contributed by atoms with E-state index >= 15 is 0 Å². The molecule has 0 saturated heterocycles. The molecule has 1 atom stereocenters. The van der Waals surface area contributed by atoms with Crippen molar-refractivity contribution in [2.45, 2.75) is 33.2 Å². The Labute approximate surface area is 107 Å². The maximum absolute atomic E-state index is 12.0. The maximum atomic E-state index is 12.0. The molecule has 18 heavy (non-hydrogen) atoms. The second-order valence-corrected chi connectivity index (χ2v) is 4.24. The fourth-order valence-corrected chi connectivity index (χ4v) is 1.61. The third-order valence-corrected chi connectivity index (χ3v) is 2.55. The number of esters is 1. The number of methoxy groups -OCH3 is 1. The molecule has 1 amide bonds. The van der Waals surface area contributed by atoms with Crippen LogP contribution in [0.2, 0.25) is 0 Å². The van der Waals surface area contributed by atoms with Gasteiger partial charge in [0.1, 0.15) is 0 Å². The van der Waals surface area contributed by atoms with Crippen molar-refractivity contribution >= 4 is 11.9 Å². The highest BCUT2D eigenvalue weighted by Gasteiger charge is 2.15. The van der Waals surface area contributed by atoms with Gasteiger partial charge in [-0.3, -0.25) is 14.6 Å². The van der Waals surface area contributed by atoms with Crippen LogP contribution < -0.4 is 5.32 Å². The van der Waals surface area contributed by atoms with Gasteiger partial charge in [-0.15, -0.1) is 0 Å². The first kappa shape index (κ1) is 14.2. The monoisotopic (exact) mass is 250 g/mol. The van der Waals surface area contributed by atoms with E-state index in [1.807, 2.05) is 6.92 Å². The number of aryl methyl sites for hydroxylation is 2. The lowest BCUT2D eigenvalue weighted by Crippen LogP contribution is -2.35. The van der Waals surface area contributed by atoms with Gasteiger partial charge < -0.3 is 10.1 Å². The van der Waals surface area contributed by atoms with E-state index in [2.05, 4.69) is 15.0 Å². The van der Waals surface area contributed by atoms with Crippen LogP contribution in [-0.2, 0) is 9.53 Å². The summed E-state index contributed by atoms with van der Waals surface area (Å²) in [4.78, 5) is 27.2. The second kappa shape index (κ2) is 6.14. The number of aromatic nitrogens is 1. The summed E-state index contributed by atoms with van der Waals surface area (Å²) in [5.41, 5.74) is 2.07. The third-order valence-electron chi connectivity index (χ3n) is 2.55. The molecular formula is C13H18N2O3. The Balaban J connectivity index is 2.67. The smallest absolute Gasteiger partial charge is 0.307 e. The molecule has 0 bridgehead atoms. The van der Waals surface area contributed by atoms with E-state index in [9.17, 15) is 9.59 Å². The van der Waals surface area contributed by atoms with E-state index in [1.165, 1.54) is 7.11 Å². The number of hydrogen-bond acceptors (Lipinski definition) is 4. The lowest BCUT2D eigenvalue weighted by Gasteiger charge is -2.13. The standard InChI is InChI=1S/C13H18N2O3/c1-8-5-6-11(10(3)14-8)13(17)15-9(2)7-12(16)18-4/h5-6,9H,7H2,1-4H3,(H,15,17). The summed E-state index contributed by atoms with van der Waals surface area (Å²) in [5.74, 6) is -0.571. The van der Waals surface area contributed by atoms with Crippen LogP contribution in [0.25, 0.3) is 0 Å². The van der Waals surface area contributed by atoms with E-state index in [0.717, 1.165) is 5.69 Å². The quantitative estimate of drug-likeness (QED) is 0.820. The molecule has 0 spiro atoms. The fraction of sp³-hybridized carbons (Fsp3) is 0.462. The molecule has 0 aliphatic rings. The molecule has 0 radical (unpaired) electrons. The highest BCUT2D eigenvalue weighted by molar-refractivity contribution is 5.95. The fourth-order valence-electron chi connectivity index (χ4n) is 1.61. The highest BCUT2D eigenvalue weighted by atomic mass is 16.5. The van der Waals surface area contributed by atoms with Crippen molar-refractivity contribution in [3.05, 3.63) is 29.1 Å². The Morgan fingerprint density at radius 2 is 2.06 bits per heavy atom. The molecule has 98 valence electrons. The predicted octanol–water partition coefficient (Wildman–Crippen LogP) is 1.38. The third kappa shape index (κ3) is 3.84. The largest absolute Gasteiger partial charge is 0.469 e. The molecule has 0 aliphatic carbocycles. The number of carbonyl (C=O) groups is 2. The minimum Gasteiger partial charge on any atom is -0.469 e. The first-order valence-electron chi connectivity index (χ1n) is 5.76. The van der Waals surface area contributed by atoms with Crippen LogP contribution in [0.5, 0.6) is 0 Å². The summed E-state index contributed by atoms with van der Waals surface area (Å²) in [6, 6.07) is 3.25. The minimum absolute atomic E-state index is 0.153. The number of nitrogens with one attached hydrogen (secondary N) is 1. The number of amides is 1. The minimum atomic E-state index is -0.346. The molecule has 0 aromatic carbocycles. The number of nitrogens with zero attached hydrogens (tertiary/aromatic N) is 1. The topological polar surface area (TPSA) is 68.3 Å². The van der Waals surface area contributed by atoms with Crippen molar-refractivity contribution in [3.8, 4) is 0 Å². The Bertz CT molecular complexity index is 458. The maximum Gasteiger partial charge on any atom is 0.307 e. The normalized spacial score (nSPS) is 11.8. The highest BCUT2D eigenvalue weighted by Crippen LogP contribution is 2.07. The van der Waals surface area contributed by atoms with Crippen molar-refractivity contribution < 1.29 is 14.3 Å². The summed E-state index contributed by atoms with van der Waals surface area (Å²) in [5, 5.41) is 2.74. The number of rotatable bonds is 4. The Morgan fingerprint density at radius 1 is 1.39 bits per heavy atom. The van der Waals surface area contributed by atoms with Crippen LogP contribution in [0.4, 0.5) is 0 Å². The van der Waals surface area contributed by atoms with Crippen LogP contribution >= 0.6 is 0 Å². The summed E-state index contributed by atoms with van der Waals surface area (Å²) < 4.78 is 4.55. The van der Waals surface area contributed by atoms with Gasteiger partial charge in [-0.25, -0.2) is 0 Å². The van der Waals surface area contributed by atoms with Crippen LogP contribution in [0.1, 0.15) is 35.1 Å². The van der Waals surface area contributed by atoms with E-state index in [4.69, 9.17) is 0 Å². The number of hydrogen-bond donors (Lipinski definition) is 1. The van der Waals surface area contributed by atoms with Gasteiger partial charge in [-0.05, 0) is 32.9 Å². The number of pyridine rings is 1. The van der Waals surface area contributed by atoms with Gasteiger partial charge in [0.15, 0.2) is 0 Å². The first-order valence-corrected chi connectivity index (χ1v) is 5.76. The first-order chi connectivity index (χ1) is 8.43. The van der Waals surface area contributed by atoms with Gasteiger partial charge in [-0.1, -0.05) is 0 Å². The second-order valence-electron chi connectivity index (χ2n) is 4.24. The molecule has 0 aliphatic heterocycles. The van der Waals surface area contributed by atoms with Crippen molar-refractivity contribution in [1.29, 1.82) is 0 Å². The lowest BCUT2D eigenvalue weighted by molar-refractivity contribution is -0.141. The molecule has 5 nitrogen and oxygen atoms in total. The molecule has 1 heterocycles. The predicted molar refractivity (Wildman–Crippen MR) is 67.3 cm³/mol. The van der Waals surface area contributed by atoms with Gasteiger partial charge in [0.05, 0.1) is 24.8 Å². The van der Waals surface area contributed by atoms with E-state index in [-0.39, 0.29) is 24.3 Å². The number of ether oxygens (including phenoxy) is 1. The van der Waals surface area contributed by atoms with E-state index in [0.29, 0.717) is 11.3 Å². The molecule has 0 saturated carbocycles. The molecule has 1 rings (SSSR count). The van der Waals surface area contributed by atoms with Crippen molar-refractivity contribution in [2.75, 3.05) is 7.11 Å². The summed E-state index contributed by atoms with van der Waals surface area (Å²) in [6.07, 6.45) is 0.153. The van der Waals surface area contributed by atoms with Crippen LogP contribution in [-0.4, -0.2) is 30.0 Å². The van der Waals surface area contributed by atoms with Crippen LogP contribution in [0, 0.1) is 13.8 Å². The number of carbonyl (C=O) groups excluding carboxylic acids is 2. The Morgan fingerprint density at radius 3 is 2.61 bits per heavy atom. The van der Waals surface area contributed by atoms with E-state index < -0.39 is 0 Å². The molecular weight excluding hydrogens is 232 g/mol. The van der Waals surface area contributed by atoms with Gasteiger partial charge in [0.2, 0.25) is 0 Å². The lowest BCUT2D eigenvalue weighted by atomic mass is 10.1. The van der Waals surface area contributed by atoms with Crippen LogP contribution in [0.15, 0.2) is 12.1 Å².